The molecule has 0 saturated carbocycles. The summed E-state index contributed by atoms with van der Waals surface area (Å²) >= 11 is 0. The number of nitrogens with one attached hydrogen (secondary N) is 1. The summed E-state index contributed by atoms with van der Waals surface area (Å²) in [6.45, 7) is 5.36. The smallest absolute Gasteiger partial charge is 0.261 e. The van der Waals surface area contributed by atoms with Gasteiger partial charge in [0.05, 0.1) is 4.90 Å². The van der Waals surface area contributed by atoms with Gasteiger partial charge in [-0.05, 0) is 50.4 Å². The molecule has 0 amide bonds. The van der Waals surface area contributed by atoms with Crippen LogP contribution in [0.5, 0.6) is 0 Å². The van der Waals surface area contributed by atoms with Crippen molar-refractivity contribution in [1.29, 1.82) is 0 Å². The van der Waals surface area contributed by atoms with Crippen molar-refractivity contribution in [1.82, 2.24) is 4.90 Å². The largest absolute Gasteiger partial charge is 0.369 e. The summed E-state index contributed by atoms with van der Waals surface area (Å²) in [5.74, 6) is -0.168. The van der Waals surface area contributed by atoms with Crippen LogP contribution in [0, 0.1) is 0 Å². The number of rotatable bonds is 5. The molecule has 2 aromatic carbocycles. The first-order valence-corrected chi connectivity index (χ1v) is 10.0. The van der Waals surface area contributed by atoms with Crippen LogP contribution in [0.25, 0.3) is 0 Å². The molecule has 1 saturated heterocycles. The van der Waals surface area contributed by atoms with Crippen molar-refractivity contribution in [2.24, 2.45) is 0 Å². The van der Waals surface area contributed by atoms with Crippen LogP contribution in [0.1, 0.15) is 17.3 Å². The number of carbonyl (C=O) groups is 1. The third-order valence-electron chi connectivity index (χ3n) is 4.54. The maximum absolute atomic E-state index is 12.6. The molecule has 7 heteroatoms. The summed E-state index contributed by atoms with van der Waals surface area (Å²) in [7, 11) is -1.63. The van der Waals surface area contributed by atoms with Gasteiger partial charge < -0.3 is 9.80 Å². The predicted octanol–water partition coefficient (Wildman–Crippen LogP) is 2.44. The monoisotopic (exact) mass is 373 g/mol. The molecule has 26 heavy (non-hydrogen) atoms. The van der Waals surface area contributed by atoms with Crippen LogP contribution in [-0.4, -0.2) is 52.3 Å². The zero-order valence-electron chi connectivity index (χ0n) is 15.0. The minimum atomic E-state index is -3.74. The molecule has 1 fully saturated rings. The van der Waals surface area contributed by atoms with Crippen molar-refractivity contribution < 1.29 is 13.2 Å². The maximum atomic E-state index is 12.6. The van der Waals surface area contributed by atoms with Gasteiger partial charge in [-0.2, -0.15) is 0 Å². The van der Waals surface area contributed by atoms with Crippen LogP contribution in [0.4, 0.5) is 11.4 Å². The van der Waals surface area contributed by atoms with E-state index in [1.54, 1.807) is 24.3 Å². The molecule has 0 unspecified atom stereocenters. The van der Waals surface area contributed by atoms with E-state index in [1.807, 2.05) is 12.1 Å². The summed E-state index contributed by atoms with van der Waals surface area (Å²) in [4.78, 5) is 16.1. The summed E-state index contributed by atoms with van der Waals surface area (Å²) in [5, 5.41) is 0. The number of nitrogens with zero attached hydrogens (tertiary/aromatic N) is 2. The lowest BCUT2D eigenvalue weighted by atomic mass is 10.2. The SMILES string of the molecule is CC(=O)c1cccc(S(=O)(=O)Nc2ccc(N3CCN(C)CC3)cc2)c1. The van der Waals surface area contributed by atoms with Gasteiger partial charge in [-0.25, -0.2) is 8.42 Å². The molecular weight excluding hydrogens is 350 g/mol. The summed E-state index contributed by atoms with van der Waals surface area (Å²) in [5.41, 5.74) is 1.95. The van der Waals surface area contributed by atoms with Gasteiger partial charge in [0, 0.05) is 43.1 Å². The van der Waals surface area contributed by atoms with Crippen LogP contribution >= 0.6 is 0 Å². The lowest BCUT2D eigenvalue weighted by Crippen LogP contribution is -2.44. The summed E-state index contributed by atoms with van der Waals surface area (Å²) in [6, 6.07) is 13.4. The third kappa shape index (κ3) is 4.23. The zero-order valence-corrected chi connectivity index (χ0v) is 15.8. The van der Waals surface area contributed by atoms with Gasteiger partial charge in [0.1, 0.15) is 0 Å². The van der Waals surface area contributed by atoms with Crippen LogP contribution in [0.15, 0.2) is 53.4 Å². The maximum Gasteiger partial charge on any atom is 0.261 e. The standard InChI is InChI=1S/C19H23N3O3S/c1-15(23)16-4-3-5-19(14-16)26(24,25)20-17-6-8-18(9-7-17)22-12-10-21(2)11-13-22/h3-9,14,20H,10-13H2,1-2H3. The highest BCUT2D eigenvalue weighted by atomic mass is 32.2. The fraction of sp³-hybridized carbons (Fsp3) is 0.316. The minimum Gasteiger partial charge on any atom is -0.369 e. The van der Waals surface area contributed by atoms with Crippen molar-refractivity contribution in [2.45, 2.75) is 11.8 Å². The molecule has 0 bridgehead atoms. The highest BCUT2D eigenvalue weighted by Crippen LogP contribution is 2.22. The molecular formula is C19H23N3O3S. The zero-order chi connectivity index (χ0) is 18.7. The van der Waals surface area contributed by atoms with Crippen molar-refractivity contribution in [3.8, 4) is 0 Å². The summed E-state index contributed by atoms with van der Waals surface area (Å²) in [6.07, 6.45) is 0. The Labute approximate surface area is 154 Å². The van der Waals surface area contributed by atoms with Crippen LogP contribution < -0.4 is 9.62 Å². The normalized spacial score (nSPS) is 15.7. The van der Waals surface area contributed by atoms with E-state index in [9.17, 15) is 13.2 Å². The molecule has 1 aliphatic heterocycles. The van der Waals surface area contributed by atoms with E-state index in [4.69, 9.17) is 0 Å². The average Bonchev–Trinajstić information content (AvgIpc) is 2.63. The average molecular weight is 373 g/mol. The second-order valence-corrected chi connectivity index (χ2v) is 8.21. The Kier molecular flexibility index (Phi) is 5.29. The molecule has 2 aromatic rings. The molecule has 1 N–H and O–H groups in total. The number of carbonyl (C=O) groups excluding carboxylic acids is 1. The number of benzene rings is 2. The molecule has 0 aromatic heterocycles. The van der Waals surface area contributed by atoms with E-state index in [-0.39, 0.29) is 10.7 Å². The number of hydrogen-bond acceptors (Lipinski definition) is 5. The lowest BCUT2D eigenvalue weighted by molar-refractivity contribution is 0.101. The number of likely N-dealkylation sites (N-methyl/N-ethyl adjacent to an activating group) is 1. The van der Waals surface area contributed by atoms with Gasteiger partial charge >= 0.3 is 0 Å². The Hall–Kier alpha value is -2.38. The Bertz CT molecular complexity index is 887. The molecule has 3 rings (SSSR count). The first kappa shape index (κ1) is 18.4. The van der Waals surface area contributed by atoms with Crippen molar-refractivity contribution >= 4 is 27.2 Å². The first-order valence-electron chi connectivity index (χ1n) is 8.52. The second-order valence-electron chi connectivity index (χ2n) is 6.53. The second kappa shape index (κ2) is 7.47. The molecule has 1 aliphatic rings. The predicted molar refractivity (Wildman–Crippen MR) is 103 cm³/mol. The molecule has 0 radical (unpaired) electrons. The van der Waals surface area contributed by atoms with Gasteiger partial charge in [-0.15, -0.1) is 0 Å². The van der Waals surface area contributed by atoms with Gasteiger partial charge in [-0.3, -0.25) is 9.52 Å². The molecule has 1 heterocycles. The molecule has 0 aliphatic carbocycles. The van der Waals surface area contributed by atoms with Crippen molar-refractivity contribution in [3.63, 3.8) is 0 Å². The van der Waals surface area contributed by atoms with Gasteiger partial charge in [0.2, 0.25) is 0 Å². The summed E-state index contributed by atoms with van der Waals surface area (Å²) < 4.78 is 27.7. The Morgan fingerprint density at radius 1 is 1.00 bits per heavy atom. The Morgan fingerprint density at radius 3 is 2.27 bits per heavy atom. The quantitative estimate of drug-likeness (QED) is 0.816. The van der Waals surface area contributed by atoms with Gasteiger partial charge in [-0.1, -0.05) is 12.1 Å². The fourth-order valence-electron chi connectivity index (χ4n) is 2.90. The Morgan fingerprint density at radius 2 is 1.65 bits per heavy atom. The Balaban J connectivity index is 1.74. The van der Waals surface area contributed by atoms with Crippen LogP contribution in [0.2, 0.25) is 0 Å². The van der Waals surface area contributed by atoms with E-state index in [1.165, 1.54) is 19.1 Å². The minimum absolute atomic E-state index is 0.0772. The topological polar surface area (TPSA) is 69.7 Å². The van der Waals surface area contributed by atoms with Crippen LogP contribution in [-0.2, 0) is 10.0 Å². The highest BCUT2D eigenvalue weighted by molar-refractivity contribution is 7.92. The van der Waals surface area contributed by atoms with Crippen molar-refractivity contribution in [3.05, 3.63) is 54.1 Å². The molecule has 0 atom stereocenters. The molecule has 6 nitrogen and oxygen atoms in total. The number of anilines is 2. The van der Waals surface area contributed by atoms with E-state index >= 15 is 0 Å². The van der Waals surface area contributed by atoms with Gasteiger partial charge in [0.25, 0.3) is 10.0 Å². The molecule has 138 valence electrons. The molecule has 0 spiro atoms. The number of hydrogen-bond donors (Lipinski definition) is 1. The van der Waals surface area contributed by atoms with E-state index in [0.29, 0.717) is 11.3 Å². The van der Waals surface area contributed by atoms with E-state index in [2.05, 4.69) is 21.6 Å². The fourth-order valence-corrected chi connectivity index (χ4v) is 4.01. The number of sulfonamides is 1. The lowest BCUT2D eigenvalue weighted by Gasteiger charge is -2.34. The van der Waals surface area contributed by atoms with Crippen LogP contribution in [0.3, 0.4) is 0 Å². The van der Waals surface area contributed by atoms with E-state index < -0.39 is 10.0 Å². The van der Waals surface area contributed by atoms with Crippen molar-refractivity contribution in [2.75, 3.05) is 42.8 Å². The van der Waals surface area contributed by atoms with E-state index in [0.717, 1.165) is 31.9 Å². The third-order valence-corrected chi connectivity index (χ3v) is 5.92. The van der Waals surface area contributed by atoms with Gasteiger partial charge in [0.15, 0.2) is 5.78 Å². The number of piperazine rings is 1. The highest BCUT2D eigenvalue weighted by Gasteiger charge is 2.17. The number of ketones is 1. The first-order chi connectivity index (χ1) is 12.3. The number of Topliss-reactive ketones (excluding diaryl/α,β-unsaturated/α-hetero) is 1.